The first-order valence-electron chi connectivity index (χ1n) is 6.69. The van der Waals surface area contributed by atoms with Gasteiger partial charge in [-0.25, -0.2) is 0 Å². The molecular formula is C13H24N4. The Morgan fingerprint density at radius 2 is 2.29 bits per heavy atom. The standard InChI is InChI=1S/C13H24N4/c1-4-12-6-9-17(8-5-7-14-12)13-10-16(3)15-11(13)2/h10,12,14H,4-9H2,1-3H3. The van der Waals surface area contributed by atoms with Crippen LogP contribution in [0.2, 0.25) is 0 Å². The van der Waals surface area contributed by atoms with Crippen molar-refractivity contribution in [3.63, 3.8) is 0 Å². The Morgan fingerprint density at radius 1 is 1.47 bits per heavy atom. The SMILES string of the molecule is CCC1CCN(c2cn(C)nc2C)CCCN1. The van der Waals surface area contributed by atoms with Crippen LogP contribution in [-0.2, 0) is 7.05 Å². The Balaban J connectivity index is 2.06. The van der Waals surface area contributed by atoms with E-state index in [4.69, 9.17) is 0 Å². The number of nitrogens with zero attached hydrogens (tertiary/aromatic N) is 3. The minimum absolute atomic E-state index is 0.676. The van der Waals surface area contributed by atoms with Crippen molar-refractivity contribution < 1.29 is 0 Å². The molecule has 0 radical (unpaired) electrons. The summed E-state index contributed by atoms with van der Waals surface area (Å²) in [6.45, 7) is 7.77. The summed E-state index contributed by atoms with van der Waals surface area (Å²) in [5, 5.41) is 8.05. The maximum atomic E-state index is 4.44. The highest BCUT2D eigenvalue weighted by Crippen LogP contribution is 2.20. The summed E-state index contributed by atoms with van der Waals surface area (Å²) in [5.41, 5.74) is 2.46. The monoisotopic (exact) mass is 236 g/mol. The van der Waals surface area contributed by atoms with E-state index >= 15 is 0 Å². The van der Waals surface area contributed by atoms with Crippen LogP contribution in [0.5, 0.6) is 0 Å². The van der Waals surface area contributed by atoms with E-state index in [0.717, 1.165) is 25.3 Å². The zero-order chi connectivity index (χ0) is 12.3. The number of nitrogens with one attached hydrogen (secondary N) is 1. The lowest BCUT2D eigenvalue weighted by Crippen LogP contribution is -2.39. The summed E-state index contributed by atoms with van der Waals surface area (Å²) in [7, 11) is 2.00. The first-order chi connectivity index (χ1) is 8.20. The van der Waals surface area contributed by atoms with E-state index in [1.165, 1.54) is 24.9 Å². The van der Waals surface area contributed by atoms with Gasteiger partial charge in [0, 0.05) is 32.4 Å². The molecule has 1 aliphatic rings. The molecule has 0 aromatic carbocycles. The number of hydrogen-bond donors (Lipinski definition) is 1. The molecule has 1 aromatic rings. The first-order valence-corrected chi connectivity index (χ1v) is 6.69. The van der Waals surface area contributed by atoms with E-state index in [0.29, 0.717) is 6.04 Å². The highest BCUT2D eigenvalue weighted by atomic mass is 15.3. The summed E-state index contributed by atoms with van der Waals surface area (Å²) in [6.07, 6.45) is 5.81. The fraction of sp³-hybridized carbons (Fsp3) is 0.769. The first kappa shape index (κ1) is 12.4. The van der Waals surface area contributed by atoms with Crippen molar-refractivity contribution in [2.24, 2.45) is 7.05 Å². The second-order valence-electron chi connectivity index (χ2n) is 4.96. The van der Waals surface area contributed by atoms with Gasteiger partial charge in [-0.05, 0) is 32.7 Å². The third kappa shape index (κ3) is 3.00. The van der Waals surface area contributed by atoms with E-state index in [9.17, 15) is 0 Å². The van der Waals surface area contributed by atoms with Crippen LogP contribution in [0.15, 0.2) is 6.20 Å². The van der Waals surface area contributed by atoms with E-state index in [2.05, 4.69) is 35.4 Å². The summed E-state index contributed by atoms with van der Waals surface area (Å²) < 4.78 is 1.92. The van der Waals surface area contributed by atoms with Crippen molar-refractivity contribution in [1.82, 2.24) is 15.1 Å². The average molecular weight is 236 g/mol. The predicted octanol–water partition coefficient (Wildman–Crippen LogP) is 1.70. The average Bonchev–Trinajstić information content (AvgIpc) is 2.58. The van der Waals surface area contributed by atoms with Gasteiger partial charge in [-0.15, -0.1) is 0 Å². The number of anilines is 1. The number of aromatic nitrogens is 2. The fourth-order valence-electron chi connectivity index (χ4n) is 2.59. The van der Waals surface area contributed by atoms with Crippen molar-refractivity contribution in [2.45, 2.75) is 39.2 Å². The molecule has 0 bridgehead atoms. The molecule has 17 heavy (non-hydrogen) atoms. The highest BCUT2D eigenvalue weighted by Gasteiger charge is 2.16. The van der Waals surface area contributed by atoms with Gasteiger partial charge in [-0.2, -0.15) is 5.10 Å². The van der Waals surface area contributed by atoms with Gasteiger partial charge in [0.2, 0.25) is 0 Å². The molecule has 0 amide bonds. The quantitative estimate of drug-likeness (QED) is 0.848. The second kappa shape index (κ2) is 5.54. The summed E-state index contributed by atoms with van der Waals surface area (Å²) in [6, 6.07) is 0.676. The lowest BCUT2D eigenvalue weighted by atomic mass is 10.1. The summed E-state index contributed by atoms with van der Waals surface area (Å²) in [4.78, 5) is 2.49. The largest absolute Gasteiger partial charge is 0.369 e. The van der Waals surface area contributed by atoms with Crippen LogP contribution < -0.4 is 10.2 Å². The molecule has 2 heterocycles. The maximum Gasteiger partial charge on any atom is 0.0827 e. The van der Waals surface area contributed by atoms with Crippen molar-refractivity contribution in [1.29, 1.82) is 0 Å². The molecular weight excluding hydrogens is 212 g/mol. The predicted molar refractivity (Wildman–Crippen MR) is 71.5 cm³/mol. The van der Waals surface area contributed by atoms with E-state index < -0.39 is 0 Å². The van der Waals surface area contributed by atoms with Gasteiger partial charge in [0.1, 0.15) is 0 Å². The van der Waals surface area contributed by atoms with Crippen LogP contribution in [0, 0.1) is 6.92 Å². The van der Waals surface area contributed by atoms with Crippen LogP contribution in [-0.4, -0.2) is 35.5 Å². The number of hydrogen-bond acceptors (Lipinski definition) is 3. The number of rotatable bonds is 2. The van der Waals surface area contributed by atoms with Gasteiger partial charge in [0.25, 0.3) is 0 Å². The highest BCUT2D eigenvalue weighted by molar-refractivity contribution is 5.48. The minimum Gasteiger partial charge on any atom is -0.369 e. The molecule has 1 saturated heterocycles. The van der Waals surface area contributed by atoms with Gasteiger partial charge in [-0.3, -0.25) is 4.68 Å². The molecule has 1 atom stereocenters. The molecule has 2 rings (SSSR count). The van der Waals surface area contributed by atoms with Crippen molar-refractivity contribution >= 4 is 5.69 Å². The molecule has 1 fully saturated rings. The Hall–Kier alpha value is -1.03. The van der Waals surface area contributed by atoms with Crippen LogP contribution in [0.3, 0.4) is 0 Å². The maximum absolute atomic E-state index is 4.44. The summed E-state index contributed by atoms with van der Waals surface area (Å²) >= 11 is 0. The van der Waals surface area contributed by atoms with Crippen molar-refractivity contribution in [2.75, 3.05) is 24.5 Å². The van der Waals surface area contributed by atoms with Gasteiger partial charge in [-0.1, -0.05) is 6.92 Å². The van der Waals surface area contributed by atoms with E-state index in [-0.39, 0.29) is 0 Å². The Kier molecular flexibility index (Phi) is 4.05. The van der Waals surface area contributed by atoms with Crippen LogP contribution >= 0.6 is 0 Å². The van der Waals surface area contributed by atoms with Crippen LogP contribution in [0.4, 0.5) is 5.69 Å². The van der Waals surface area contributed by atoms with Crippen molar-refractivity contribution in [3.8, 4) is 0 Å². The molecule has 1 unspecified atom stereocenters. The van der Waals surface area contributed by atoms with Crippen LogP contribution in [0.25, 0.3) is 0 Å². The molecule has 0 spiro atoms. The molecule has 1 aliphatic heterocycles. The molecule has 4 heteroatoms. The molecule has 1 aromatic heterocycles. The molecule has 0 aliphatic carbocycles. The number of aryl methyl sites for hydroxylation is 2. The summed E-state index contributed by atoms with van der Waals surface area (Å²) in [5.74, 6) is 0. The molecule has 96 valence electrons. The molecule has 4 nitrogen and oxygen atoms in total. The zero-order valence-electron chi connectivity index (χ0n) is 11.2. The Morgan fingerprint density at radius 3 is 2.94 bits per heavy atom. The van der Waals surface area contributed by atoms with Gasteiger partial charge >= 0.3 is 0 Å². The lowest BCUT2D eigenvalue weighted by Gasteiger charge is -2.30. The third-order valence-electron chi connectivity index (χ3n) is 3.61. The lowest BCUT2D eigenvalue weighted by molar-refractivity contribution is 0.439. The molecule has 1 N–H and O–H groups in total. The Labute approximate surface area is 104 Å². The minimum atomic E-state index is 0.676. The van der Waals surface area contributed by atoms with Crippen LogP contribution in [0.1, 0.15) is 31.9 Å². The van der Waals surface area contributed by atoms with E-state index in [1.54, 1.807) is 0 Å². The normalized spacial score (nSPS) is 22.3. The van der Waals surface area contributed by atoms with Gasteiger partial charge in [0.05, 0.1) is 11.4 Å². The molecule has 0 saturated carbocycles. The topological polar surface area (TPSA) is 33.1 Å². The second-order valence-corrected chi connectivity index (χ2v) is 4.96. The fourth-order valence-corrected chi connectivity index (χ4v) is 2.59. The zero-order valence-corrected chi connectivity index (χ0v) is 11.2. The Bertz CT molecular complexity index is 358. The smallest absolute Gasteiger partial charge is 0.0827 e. The third-order valence-corrected chi connectivity index (χ3v) is 3.61. The van der Waals surface area contributed by atoms with Gasteiger partial charge in [0.15, 0.2) is 0 Å². The van der Waals surface area contributed by atoms with E-state index in [1.807, 2.05) is 11.7 Å². The van der Waals surface area contributed by atoms with Crippen molar-refractivity contribution in [3.05, 3.63) is 11.9 Å². The van der Waals surface area contributed by atoms with Gasteiger partial charge < -0.3 is 10.2 Å².